The lowest BCUT2D eigenvalue weighted by Gasteiger charge is -2.18. The van der Waals surface area contributed by atoms with Crippen LogP contribution in [-0.2, 0) is 0 Å². The molecule has 1 heterocycles. The minimum Gasteiger partial charge on any atom is -0.358 e. The molecule has 0 aliphatic heterocycles. The van der Waals surface area contributed by atoms with Crippen molar-refractivity contribution in [1.29, 1.82) is 5.26 Å². The van der Waals surface area contributed by atoms with Gasteiger partial charge in [-0.1, -0.05) is 11.6 Å². The topological polar surface area (TPSA) is 52.8 Å². The molecule has 0 saturated heterocycles. The largest absolute Gasteiger partial charge is 0.358 e. The number of nitriles is 1. The highest BCUT2D eigenvalue weighted by atomic mass is 15.2. The number of fused-ring (bicyclic) bond motifs is 1. The molecular weight excluding hydrogens is 212 g/mol. The zero-order valence-electron chi connectivity index (χ0n) is 10.0. The summed E-state index contributed by atoms with van der Waals surface area (Å²) in [5.74, 6) is 0.883. The third kappa shape index (κ3) is 2.34. The van der Waals surface area contributed by atoms with Crippen molar-refractivity contribution < 1.29 is 0 Å². The molecule has 0 aliphatic rings. The summed E-state index contributed by atoms with van der Waals surface area (Å²) in [6.45, 7) is 2.72. The van der Waals surface area contributed by atoms with E-state index in [9.17, 15) is 0 Å². The van der Waals surface area contributed by atoms with Crippen molar-refractivity contribution in [3.05, 3.63) is 30.1 Å². The molecule has 0 saturated carbocycles. The van der Waals surface area contributed by atoms with Crippen LogP contribution in [-0.4, -0.2) is 23.6 Å². The van der Waals surface area contributed by atoms with Crippen LogP contribution in [0.4, 0.5) is 5.82 Å². The molecule has 0 radical (unpaired) electrons. The first-order chi connectivity index (χ1) is 8.22. The summed E-state index contributed by atoms with van der Waals surface area (Å²) in [4.78, 5) is 10.5. The fourth-order valence-electron chi connectivity index (χ4n) is 1.78. The van der Waals surface area contributed by atoms with Crippen molar-refractivity contribution >= 4 is 16.7 Å². The summed E-state index contributed by atoms with van der Waals surface area (Å²) in [6.07, 6.45) is 2.06. The lowest BCUT2D eigenvalue weighted by atomic mass is 10.1. The molecule has 86 valence electrons. The fraction of sp³-hybridized carbons (Fsp3) is 0.308. The van der Waals surface area contributed by atoms with Gasteiger partial charge in [0.1, 0.15) is 12.1 Å². The van der Waals surface area contributed by atoms with Crippen molar-refractivity contribution in [3.63, 3.8) is 0 Å². The van der Waals surface area contributed by atoms with Crippen molar-refractivity contribution in [2.45, 2.75) is 13.3 Å². The number of anilines is 1. The fourth-order valence-corrected chi connectivity index (χ4v) is 1.78. The highest BCUT2D eigenvalue weighted by Crippen LogP contribution is 2.22. The highest BCUT2D eigenvalue weighted by molar-refractivity contribution is 5.89. The van der Waals surface area contributed by atoms with E-state index in [1.807, 2.05) is 31.0 Å². The van der Waals surface area contributed by atoms with E-state index in [-0.39, 0.29) is 0 Å². The highest BCUT2D eigenvalue weighted by Gasteiger charge is 2.08. The van der Waals surface area contributed by atoms with Gasteiger partial charge in [0.15, 0.2) is 0 Å². The minimum absolute atomic E-state index is 0.494. The zero-order valence-corrected chi connectivity index (χ0v) is 10.0. The first-order valence-electron chi connectivity index (χ1n) is 5.52. The van der Waals surface area contributed by atoms with E-state index in [0.29, 0.717) is 13.0 Å². The van der Waals surface area contributed by atoms with E-state index in [1.54, 1.807) is 6.33 Å². The van der Waals surface area contributed by atoms with Gasteiger partial charge in [0.05, 0.1) is 18.0 Å². The maximum absolute atomic E-state index is 8.61. The van der Waals surface area contributed by atoms with Gasteiger partial charge < -0.3 is 4.90 Å². The Morgan fingerprint density at radius 3 is 2.94 bits per heavy atom. The van der Waals surface area contributed by atoms with Crippen LogP contribution in [0.1, 0.15) is 12.0 Å². The Kier molecular flexibility index (Phi) is 3.20. The Hall–Kier alpha value is -2.15. The molecule has 0 aliphatic carbocycles. The van der Waals surface area contributed by atoms with Crippen LogP contribution < -0.4 is 4.90 Å². The Morgan fingerprint density at radius 1 is 1.35 bits per heavy atom. The molecule has 2 rings (SSSR count). The SMILES string of the molecule is Cc1ccc2ncnc(N(C)CCC#N)c2c1. The Labute approximate surface area is 101 Å². The summed E-state index contributed by atoms with van der Waals surface area (Å²) in [7, 11) is 1.95. The summed E-state index contributed by atoms with van der Waals surface area (Å²) < 4.78 is 0. The number of rotatable bonds is 3. The molecule has 1 aromatic carbocycles. The number of benzene rings is 1. The lowest BCUT2D eigenvalue weighted by molar-refractivity contribution is 0.887. The van der Waals surface area contributed by atoms with E-state index in [4.69, 9.17) is 5.26 Å². The monoisotopic (exact) mass is 226 g/mol. The van der Waals surface area contributed by atoms with Crippen molar-refractivity contribution in [2.75, 3.05) is 18.5 Å². The van der Waals surface area contributed by atoms with E-state index in [0.717, 1.165) is 16.7 Å². The summed E-state index contributed by atoms with van der Waals surface area (Å²) in [6, 6.07) is 8.25. The first kappa shape index (κ1) is 11.3. The van der Waals surface area contributed by atoms with Gasteiger partial charge in [0.2, 0.25) is 0 Å². The average Bonchev–Trinajstić information content (AvgIpc) is 2.35. The Bertz CT molecular complexity index is 571. The number of aryl methyl sites for hydroxylation is 1. The van der Waals surface area contributed by atoms with Gasteiger partial charge in [0.25, 0.3) is 0 Å². The summed E-state index contributed by atoms with van der Waals surface area (Å²) >= 11 is 0. The molecule has 4 heteroatoms. The number of hydrogen-bond donors (Lipinski definition) is 0. The van der Waals surface area contributed by atoms with Crippen LogP contribution in [0.3, 0.4) is 0 Å². The average molecular weight is 226 g/mol. The number of nitrogens with zero attached hydrogens (tertiary/aromatic N) is 4. The molecule has 17 heavy (non-hydrogen) atoms. The molecule has 0 atom stereocenters. The van der Waals surface area contributed by atoms with E-state index < -0.39 is 0 Å². The summed E-state index contributed by atoms with van der Waals surface area (Å²) in [5, 5.41) is 9.65. The van der Waals surface area contributed by atoms with Gasteiger partial charge in [-0.25, -0.2) is 9.97 Å². The van der Waals surface area contributed by atoms with Gasteiger partial charge in [0, 0.05) is 19.0 Å². The molecule has 1 aromatic heterocycles. The van der Waals surface area contributed by atoms with E-state index in [1.165, 1.54) is 5.56 Å². The third-order valence-corrected chi connectivity index (χ3v) is 2.69. The van der Waals surface area contributed by atoms with Gasteiger partial charge in [-0.05, 0) is 19.1 Å². The second-order valence-electron chi connectivity index (χ2n) is 4.05. The standard InChI is InChI=1S/C13H14N4/c1-10-4-5-12-11(8-10)13(16-9-15-12)17(2)7-3-6-14/h4-5,8-9H,3,7H2,1-2H3. The van der Waals surface area contributed by atoms with Crippen LogP contribution in [0.15, 0.2) is 24.5 Å². The van der Waals surface area contributed by atoms with Gasteiger partial charge in [-0.3, -0.25) is 0 Å². The molecular formula is C13H14N4. The van der Waals surface area contributed by atoms with Crippen LogP contribution in [0, 0.1) is 18.3 Å². The smallest absolute Gasteiger partial charge is 0.139 e. The maximum atomic E-state index is 8.61. The summed E-state index contributed by atoms with van der Waals surface area (Å²) in [5.41, 5.74) is 2.12. The van der Waals surface area contributed by atoms with Gasteiger partial charge >= 0.3 is 0 Å². The molecule has 0 N–H and O–H groups in total. The zero-order chi connectivity index (χ0) is 12.3. The first-order valence-corrected chi connectivity index (χ1v) is 5.52. The van der Waals surface area contributed by atoms with Crippen molar-refractivity contribution in [2.24, 2.45) is 0 Å². The van der Waals surface area contributed by atoms with Crippen molar-refractivity contribution in [1.82, 2.24) is 9.97 Å². The Balaban J connectivity index is 2.46. The Morgan fingerprint density at radius 2 is 2.18 bits per heavy atom. The quantitative estimate of drug-likeness (QED) is 0.805. The number of hydrogen-bond acceptors (Lipinski definition) is 4. The molecule has 0 unspecified atom stereocenters. The molecule has 0 bridgehead atoms. The van der Waals surface area contributed by atoms with E-state index in [2.05, 4.69) is 22.1 Å². The molecule has 0 fully saturated rings. The van der Waals surface area contributed by atoms with Crippen molar-refractivity contribution in [3.8, 4) is 6.07 Å². The third-order valence-electron chi connectivity index (χ3n) is 2.69. The molecule has 2 aromatic rings. The van der Waals surface area contributed by atoms with Crippen LogP contribution >= 0.6 is 0 Å². The molecule has 0 amide bonds. The lowest BCUT2D eigenvalue weighted by Crippen LogP contribution is -2.19. The van der Waals surface area contributed by atoms with Crippen LogP contribution in [0.2, 0.25) is 0 Å². The normalized spacial score (nSPS) is 10.2. The second kappa shape index (κ2) is 4.79. The van der Waals surface area contributed by atoms with Crippen LogP contribution in [0.5, 0.6) is 0 Å². The molecule has 0 spiro atoms. The van der Waals surface area contributed by atoms with E-state index >= 15 is 0 Å². The predicted molar refractivity (Wildman–Crippen MR) is 67.8 cm³/mol. The number of aromatic nitrogens is 2. The van der Waals surface area contributed by atoms with Gasteiger partial charge in [-0.2, -0.15) is 5.26 Å². The maximum Gasteiger partial charge on any atom is 0.139 e. The molecule has 4 nitrogen and oxygen atoms in total. The van der Waals surface area contributed by atoms with Gasteiger partial charge in [-0.15, -0.1) is 0 Å². The predicted octanol–water partition coefficient (Wildman–Crippen LogP) is 2.29. The second-order valence-corrected chi connectivity index (χ2v) is 4.05. The van der Waals surface area contributed by atoms with Crippen LogP contribution in [0.25, 0.3) is 10.9 Å². The minimum atomic E-state index is 0.494.